The molecular formula is C19H14F3N5O3S. The van der Waals surface area contributed by atoms with E-state index in [1.165, 1.54) is 42.1 Å². The van der Waals surface area contributed by atoms with Gasteiger partial charge < -0.3 is 9.64 Å². The van der Waals surface area contributed by atoms with Crippen molar-refractivity contribution in [2.45, 2.75) is 19.3 Å². The molecule has 3 aromatic rings. The van der Waals surface area contributed by atoms with E-state index in [-0.39, 0.29) is 23.7 Å². The van der Waals surface area contributed by atoms with Crippen molar-refractivity contribution in [2.24, 2.45) is 0 Å². The van der Waals surface area contributed by atoms with Gasteiger partial charge in [-0.05, 0) is 24.3 Å². The van der Waals surface area contributed by atoms with Crippen molar-refractivity contribution in [1.29, 1.82) is 0 Å². The van der Waals surface area contributed by atoms with E-state index < -0.39 is 18.0 Å². The Kier molecular flexibility index (Phi) is 5.55. The number of anilines is 1. The van der Waals surface area contributed by atoms with Crippen LogP contribution in [-0.4, -0.2) is 44.6 Å². The second-order valence-corrected chi connectivity index (χ2v) is 7.57. The second-order valence-electron chi connectivity index (χ2n) is 6.48. The van der Waals surface area contributed by atoms with Gasteiger partial charge in [0.2, 0.25) is 0 Å². The molecule has 1 aliphatic rings. The molecule has 1 aliphatic heterocycles. The predicted molar refractivity (Wildman–Crippen MR) is 104 cm³/mol. The summed E-state index contributed by atoms with van der Waals surface area (Å²) in [6.45, 7) is 0.682. The zero-order valence-corrected chi connectivity index (χ0v) is 16.5. The third kappa shape index (κ3) is 4.97. The van der Waals surface area contributed by atoms with Crippen molar-refractivity contribution < 1.29 is 27.5 Å². The molecular weight excluding hydrogens is 435 g/mol. The van der Waals surface area contributed by atoms with Crippen LogP contribution in [0.3, 0.4) is 0 Å². The number of thiazole rings is 1. The van der Waals surface area contributed by atoms with Gasteiger partial charge >= 0.3 is 6.36 Å². The Hall–Kier alpha value is -3.54. The second kappa shape index (κ2) is 8.30. The quantitative estimate of drug-likeness (QED) is 0.657. The predicted octanol–water partition coefficient (Wildman–Crippen LogP) is 3.28. The van der Waals surface area contributed by atoms with E-state index >= 15 is 0 Å². The zero-order valence-electron chi connectivity index (χ0n) is 15.7. The minimum absolute atomic E-state index is 0.158. The van der Waals surface area contributed by atoms with Crippen LogP contribution in [0, 0.1) is 0 Å². The third-order valence-electron chi connectivity index (χ3n) is 4.37. The zero-order chi connectivity index (χ0) is 22.0. The lowest BCUT2D eigenvalue weighted by Gasteiger charge is -2.26. The summed E-state index contributed by atoms with van der Waals surface area (Å²) in [7, 11) is 0. The van der Waals surface area contributed by atoms with E-state index in [0.717, 1.165) is 22.7 Å². The smallest absolute Gasteiger partial charge is 0.406 e. The van der Waals surface area contributed by atoms with E-state index in [9.17, 15) is 22.8 Å². The number of ether oxygens (including phenoxy) is 1. The topological polar surface area (TPSA) is 97.3 Å². The fraction of sp³-hybridized carbons (Fsp3) is 0.211. The van der Waals surface area contributed by atoms with Crippen LogP contribution in [-0.2, 0) is 13.0 Å². The summed E-state index contributed by atoms with van der Waals surface area (Å²) < 4.78 is 40.6. The summed E-state index contributed by atoms with van der Waals surface area (Å²) in [5.41, 5.74) is 1.20. The molecule has 0 bridgehead atoms. The van der Waals surface area contributed by atoms with Crippen molar-refractivity contribution in [3.63, 3.8) is 0 Å². The molecule has 3 heterocycles. The summed E-state index contributed by atoms with van der Waals surface area (Å²) >= 11 is 1.25. The number of rotatable bonds is 4. The molecule has 8 nitrogen and oxygen atoms in total. The van der Waals surface area contributed by atoms with Crippen LogP contribution in [0.25, 0.3) is 0 Å². The maximum absolute atomic E-state index is 12.7. The van der Waals surface area contributed by atoms with Gasteiger partial charge in [0.25, 0.3) is 11.8 Å². The lowest BCUT2D eigenvalue weighted by molar-refractivity contribution is -0.274. The van der Waals surface area contributed by atoms with Crippen molar-refractivity contribution in [3.05, 3.63) is 64.7 Å². The van der Waals surface area contributed by atoms with E-state index in [1.807, 2.05) is 0 Å². The van der Waals surface area contributed by atoms with Crippen molar-refractivity contribution >= 4 is 28.3 Å². The molecule has 1 N–H and O–H groups in total. The number of nitrogens with one attached hydrogen (secondary N) is 1. The highest BCUT2D eigenvalue weighted by molar-refractivity contribution is 7.15. The maximum Gasteiger partial charge on any atom is 0.573 e. The van der Waals surface area contributed by atoms with Gasteiger partial charge in [-0.3, -0.25) is 19.9 Å². The number of amides is 2. The van der Waals surface area contributed by atoms with Gasteiger partial charge in [0.05, 0.1) is 18.4 Å². The highest BCUT2D eigenvalue weighted by Gasteiger charge is 2.31. The Labute approximate surface area is 177 Å². The Morgan fingerprint density at radius 3 is 2.61 bits per heavy atom. The first-order chi connectivity index (χ1) is 14.8. The fourth-order valence-electron chi connectivity index (χ4n) is 2.98. The van der Waals surface area contributed by atoms with Crippen molar-refractivity contribution in [3.8, 4) is 5.75 Å². The van der Waals surface area contributed by atoms with Crippen LogP contribution in [0.15, 0.2) is 42.9 Å². The molecule has 0 spiro atoms. The number of alkyl halides is 3. The van der Waals surface area contributed by atoms with E-state index in [0.29, 0.717) is 18.1 Å². The normalized spacial score (nSPS) is 13.5. The van der Waals surface area contributed by atoms with Crippen LogP contribution in [0.1, 0.15) is 31.4 Å². The number of fused-ring (bicyclic) bond motifs is 1. The van der Waals surface area contributed by atoms with E-state index in [2.05, 4.69) is 25.0 Å². The summed E-state index contributed by atoms with van der Waals surface area (Å²) in [4.78, 5) is 39.5. The number of benzene rings is 1. The highest BCUT2D eigenvalue weighted by atomic mass is 32.1. The molecule has 31 heavy (non-hydrogen) atoms. The molecule has 160 valence electrons. The Balaban J connectivity index is 1.42. The lowest BCUT2D eigenvalue weighted by atomic mass is 10.1. The summed E-state index contributed by atoms with van der Waals surface area (Å²) in [5, 5.41) is 3.06. The van der Waals surface area contributed by atoms with Crippen LogP contribution in [0.2, 0.25) is 0 Å². The maximum atomic E-state index is 12.7. The molecule has 0 atom stereocenters. The van der Waals surface area contributed by atoms with Crippen molar-refractivity contribution in [1.82, 2.24) is 19.9 Å². The number of hydrogen-bond donors (Lipinski definition) is 1. The van der Waals surface area contributed by atoms with Crippen LogP contribution in [0.5, 0.6) is 5.75 Å². The van der Waals surface area contributed by atoms with Crippen molar-refractivity contribution in [2.75, 3.05) is 11.9 Å². The van der Waals surface area contributed by atoms with Crippen LogP contribution in [0.4, 0.5) is 18.3 Å². The largest absolute Gasteiger partial charge is 0.573 e. The standard InChI is InChI=1S/C19H14F3N5O3S/c20-19(21,22)30-12-3-1-11(2-4-12)17(29)27-8-5-13-15(10-27)31-18(25-13)26-16(28)14-9-23-6-7-24-14/h1-4,6-7,9H,5,8,10H2,(H,25,26,28). The lowest BCUT2D eigenvalue weighted by Crippen LogP contribution is -2.35. The molecule has 4 rings (SSSR count). The van der Waals surface area contributed by atoms with Gasteiger partial charge in [-0.25, -0.2) is 9.97 Å². The Morgan fingerprint density at radius 2 is 1.94 bits per heavy atom. The highest BCUT2D eigenvalue weighted by Crippen LogP contribution is 2.30. The number of nitrogens with zero attached hydrogens (tertiary/aromatic N) is 4. The first kappa shape index (κ1) is 20.7. The SMILES string of the molecule is O=C(Nc1nc2c(s1)CN(C(=O)c1ccc(OC(F)(F)F)cc1)CC2)c1cnccn1. The van der Waals surface area contributed by atoms with Gasteiger partial charge in [-0.1, -0.05) is 11.3 Å². The third-order valence-corrected chi connectivity index (χ3v) is 5.37. The molecule has 12 heteroatoms. The van der Waals surface area contributed by atoms with E-state index in [1.54, 1.807) is 4.90 Å². The molecule has 0 saturated heterocycles. The monoisotopic (exact) mass is 449 g/mol. The number of carbonyl (C=O) groups excluding carboxylic acids is 2. The molecule has 0 saturated carbocycles. The molecule has 1 aromatic carbocycles. The Morgan fingerprint density at radius 1 is 1.16 bits per heavy atom. The van der Waals surface area contributed by atoms with E-state index in [4.69, 9.17) is 0 Å². The molecule has 0 aliphatic carbocycles. The van der Waals surface area contributed by atoms with Gasteiger partial charge in [-0.15, -0.1) is 13.2 Å². The number of aromatic nitrogens is 3. The number of halogens is 3. The first-order valence-electron chi connectivity index (χ1n) is 8.99. The molecule has 2 amide bonds. The van der Waals surface area contributed by atoms with Gasteiger partial charge in [0.15, 0.2) is 5.13 Å². The van der Waals surface area contributed by atoms with Gasteiger partial charge in [0.1, 0.15) is 11.4 Å². The van der Waals surface area contributed by atoms with Gasteiger partial charge in [0, 0.05) is 35.8 Å². The van der Waals surface area contributed by atoms with Gasteiger partial charge in [-0.2, -0.15) is 0 Å². The summed E-state index contributed by atoms with van der Waals surface area (Å²) in [6.07, 6.45) is -0.0856. The minimum Gasteiger partial charge on any atom is -0.406 e. The molecule has 0 fully saturated rings. The average molecular weight is 449 g/mol. The number of hydrogen-bond acceptors (Lipinski definition) is 7. The molecule has 0 radical (unpaired) electrons. The summed E-state index contributed by atoms with van der Waals surface area (Å²) in [5.74, 6) is -1.15. The Bertz CT molecular complexity index is 1100. The number of carbonyl (C=O) groups is 2. The fourth-order valence-corrected chi connectivity index (χ4v) is 4.00. The summed E-state index contributed by atoms with van der Waals surface area (Å²) in [6, 6.07) is 4.78. The molecule has 2 aromatic heterocycles. The molecule has 0 unspecified atom stereocenters. The van der Waals surface area contributed by atoms with Crippen LogP contribution >= 0.6 is 11.3 Å². The first-order valence-corrected chi connectivity index (χ1v) is 9.81. The average Bonchev–Trinajstić information content (AvgIpc) is 3.14. The minimum atomic E-state index is -4.79. The van der Waals surface area contributed by atoms with Crippen LogP contribution < -0.4 is 10.1 Å².